The van der Waals surface area contributed by atoms with Crippen molar-refractivity contribution in [1.82, 2.24) is 4.90 Å². The number of carbonyl (C=O) groups excluding carboxylic acids is 2. The minimum atomic E-state index is -4.90. The Morgan fingerprint density at radius 3 is 2.46 bits per heavy atom. The molecular weight excluding hydrogens is 347 g/mol. The molecule has 0 spiro atoms. The van der Waals surface area contributed by atoms with Crippen LogP contribution in [0.1, 0.15) is 25.3 Å². The van der Waals surface area contributed by atoms with Crippen LogP contribution in [0.2, 0.25) is 0 Å². The molecule has 1 aliphatic rings. The minimum Gasteiger partial charge on any atom is -0.331 e. The fourth-order valence-electron chi connectivity index (χ4n) is 2.09. The molecule has 0 aromatic heterocycles. The van der Waals surface area contributed by atoms with Gasteiger partial charge in [0.25, 0.3) is 0 Å². The number of nitrogens with one attached hydrogen (secondary N) is 1. The number of benzene rings is 1. The molecule has 0 bridgehead atoms. The number of nitrogens with two attached hydrogens (primary N) is 1. The van der Waals surface area contributed by atoms with E-state index in [1.807, 2.05) is 0 Å². The van der Waals surface area contributed by atoms with Crippen molar-refractivity contribution in [2.24, 2.45) is 5.73 Å². The smallest absolute Gasteiger partial charge is 0.331 e. The van der Waals surface area contributed by atoms with E-state index in [0.29, 0.717) is 29.0 Å². The molecule has 134 valence electrons. The summed E-state index contributed by atoms with van der Waals surface area (Å²) in [5, 5.41) is 2.65. The van der Waals surface area contributed by atoms with Crippen LogP contribution in [0.5, 0.6) is 0 Å². The van der Waals surface area contributed by atoms with Gasteiger partial charge in [-0.1, -0.05) is 12.1 Å². The third kappa shape index (κ3) is 4.85. The number of hydrogen-bond donors (Lipinski definition) is 2. The van der Waals surface area contributed by atoms with Crippen LogP contribution in [-0.2, 0) is 16.1 Å². The number of alkyl halides is 3. The van der Waals surface area contributed by atoms with Crippen molar-refractivity contribution >= 4 is 29.9 Å². The molecule has 0 heterocycles. The molecular formula is C15H19ClF3N3O2. The molecule has 3 N–H and O–H groups in total. The maximum absolute atomic E-state index is 12.5. The minimum absolute atomic E-state index is 0. The van der Waals surface area contributed by atoms with Crippen LogP contribution >= 0.6 is 12.4 Å². The molecule has 0 radical (unpaired) electrons. The van der Waals surface area contributed by atoms with Gasteiger partial charge in [-0.25, -0.2) is 0 Å². The fraction of sp³-hybridized carbons (Fsp3) is 0.467. The molecule has 0 atom stereocenters. The zero-order valence-electron chi connectivity index (χ0n) is 13.0. The normalized spacial score (nSPS) is 15.2. The molecule has 9 heteroatoms. The third-order valence-electron chi connectivity index (χ3n) is 3.71. The van der Waals surface area contributed by atoms with Crippen molar-refractivity contribution in [1.29, 1.82) is 0 Å². The molecule has 1 aromatic carbocycles. The van der Waals surface area contributed by atoms with E-state index >= 15 is 0 Å². The number of hydrogen-bond acceptors (Lipinski definition) is 3. The maximum Gasteiger partial charge on any atom is 0.471 e. The first-order valence-electron chi connectivity index (χ1n) is 7.21. The second-order valence-electron chi connectivity index (χ2n) is 5.63. The van der Waals surface area contributed by atoms with Gasteiger partial charge < -0.3 is 16.0 Å². The lowest BCUT2D eigenvalue weighted by Gasteiger charge is -2.22. The van der Waals surface area contributed by atoms with Gasteiger partial charge in [0.05, 0.1) is 5.54 Å². The van der Waals surface area contributed by atoms with Crippen LogP contribution in [0, 0.1) is 0 Å². The average Bonchev–Trinajstić information content (AvgIpc) is 3.23. The maximum atomic E-state index is 12.5. The van der Waals surface area contributed by atoms with Crippen LogP contribution in [0.25, 0.3) is 0 Å². The van der Waals surface area contributed by atoms with Crippen molar-refractivity contribution < 1.29 is 22.8 Å². The van der Waals surface area contributed by atoms with E-state index < -0.39 is 17.6 Å². The van der Waals surface area contributed by atoms with Gasteiger partial charge in [0, 0.05) is 18.8 Å². The zero-order valence-corrected chi connectivity index (χ0v) is 13.8. The van der Waals surface area contributed by atoms with Gasteiger partial charge >= 0.3 is 12.1 Å². The Hall–Kier alpha value is -1.80. The number of halogens is 4. The summed E-state index contributed by atoms with van der Waals surface area (Å²) in [4.78, 5) is 23.9. The van der Waals surface area contributed by atoms with E-state index in [1.54, 1.807) is 18.2 Å². The Balaban J connectivity index is 0.00000288. The van der Waals surface area contributed by atoms with Gasteiger partial charge in [0.1, 0.15) is 0 Å². The summed E-state index contributed by atoms with van der Waals surface area (Å²) >= 11 is 0. The number of carbonyl (C=O) groups is 2. The van der Waals surface area contributed by atoms with Gasteiger partial charge in [-0.05, 0) is 37.5 Å². The summed E-state index contributed by atoms with van der Waals surface area (Å²) in [6, 6.07) is 6.36. The second kappa shape index (κ2) is 7.40. The van der Waals surface area contributed by atoms with Crippen LogP contribution in [0.3, 0.4) is 0 Å². The standard InChI is InChI=1S/C15H18F3N3O2.ClH/c1-2-21(13(23)15(16,17)18)9-10-4-3-5-11(8-10)20-12(22)14(19)6-7-14;/h3-5,8H,2,6-7,9,19H2,1H3,(H,20,22);1H. The topological polar surface area (TPSA) is 75.4 Å². The monoisotopic (exact) mass is 365 g/mol. The first-order valence-corrected chi connectivity index (χ1v) is 7.21. The van der Waals surface area contributed by atoms with Crippen LogP contribution < -0.4 is 11.1 Å². The van der Waals surface area contributed by atoms with Crippen LogP contribution in [-0.4, -0.2) is 35.0 Å². The van der Waals surface area contributed by atoms with E-state index in [1.165, 1.54) is 13.0 Å². The highest BCUT2D eigenvalue weighted by Gasteiger charge is 2.46. The molecule has 1 aromatic rings. The largest absolute Gasteiger partial charge is 0.471 e. The molecule has 5 nitrogen and oxygen atoms in total. The lowest BCUT2D eigenvalue weighted by molar-refractivity contribution is -0.185. The summed E-state index contributed by atoms with van der Waals surface area (Å²) < 4.78 is 37.5. The summed E-state index contributed by atoms with van der Waals surface area (Å²) in [5.74, 6) is -2.19. The molecule has 24 heavy (non-hydrogen) atoms. The van der Waals surface area contributed by atoms with Gasteiger partial charge in [-0.2, -0.15) is 13.2 Å². The Bertz CT molecular complexity index is 618. The number of rotatable bonds is 5. The molecule has 0 saturated heterocycles. The molecule has 1 fully saturated rings. The molecule has 1 saturated carbocycles. The van der Waals surface area contributed by atoms with Crippen LogP contribution in [0.4, 0.5) is 18.9 Å². The van der Waals surface area contributed by atoms with E-state index in [9.17, 15) is 22.8 Å². The van der Waals surface area contributed by atoms with Gasteiger partial charge in [-0.15, -0.1) is 12.4 Å². The predicted molar refractivity (Wildman–Crippen MR) is 85.6 cm³/mol. The lowest BCUT2D eigenvalue weighted by atomic mass is 10.1. The van der Waals surface area contributed by atoms with Gasteiger partial charge in [0.2, 0.25) is 5.91 Å². The Kier molecular flexibility index (Phi) is 6.24. The molecule has 0 aliphatic heterocycles. The number of anilines is 1. The van der Waals surface area contributed by atoms with Crippen molar-refractivity contribution in [3.63, 3.8) is 0 Å². The number of amides is 2. The predicted octanol–water partition coefficient (Wildman–Crippen LogP) is 2.45. The van der Waals surface area contributed by atoms with Crippen molar-refractivity contribution in [3.05, 3.63) is 29.8 Å². The van der Waals surface area contributed by atoms with E-state index in [2.05, 4.69) is 5.32 Å². The Morgan fingerprint density at radius 2 is 1.96 bits per heavy atom. The lowest BCUT2D eigenvalue weighted by Crippen LogP contribution is -2.40. The fourth-order valence-corrected chi connectivity index (χ4v) is 2.09. The molecule has 1 aliphatic carbocycles. The zero-order chi connectivity index (χ0) is 17.3. The summed E-state index contributed by atoms with van der Waals surface area (Å²) in [6.45, 7) is 1.22. The first kappa shape index (κ1) is 20.2. The molecule has 0 unspecified atom stereocenters. The van der Waals surface area contributed by atoms with Crippen LogP contribution in [0.15, 0.2) is 24.3 Å². The highest BCUT2D eigenvalue weighted by atomic mass is 35.5. The summed E-state index contributed by atoms with van der Waals surface area (Å²) in [7, 11) is 0. The Labute approximate surface area is 143 Å². The van der Waals surface area contributed by atoms with Gasteiger partial charge in [0.15, 0.2) is 0 Å². The number of nitrogens with zero attached hydrogens (tertiary/aromatic N) is 1. The Morgan fingerprint density at radius 1 is 1.33 bits per heavy atom. The molecule has 2 rings (SSSR count). The highest BCUT2D eigenvalue weighted by Crippen LogP contribution is 2.33. The SMILES string of the molecule is CCN(Cc1cccc(NC(=O)C2(N)CC2)c1)C(=O)C(F)(F)F.Cl. The third-order valence-corrected chi connectivity index (χ3v) is 3.71. The second-order valence-corrected chi connectivity index (χ2v) is 5.63. The van der Waals surface area contributed by atoms with Crippen molar-refractivity contribution in [2.45, 2.75) is 38.0 Å². The highest BCUT2D eigenvalue weighted by molar-refractivity contribution is 6.00. The summed E-state index contributed by atoms with van der Waals surface area (Å²) in [5.41, 5.74) is 5.87. The first-order chi connectivity index (χ1) is 10.7. The molecule has 2 amide bonds. The van der Waals surface area contributed by atoms with E-state index in [0.717, 1.165) is 0 Å². The quantitative estimate of drug-likeness (QED) is 0.841. The average molecular weight is 366 g/mol. The van der Waals surface area contributed by atoms with Crippen molar-refractivity contribution in [2.75, 3.05) is 11.9 Å². The summed E-state index contributed by atoms with van der Waals surface area (Å²) in [6.07, 6.45) is -3.68. The van der Waals surface area contributed by atoms with E-state index in [4.69, 9.17) is 5.73 Å². The van der Waals surface area contributed by atoms with E-state index in [-0.39, 0.29) is 31.4 Å². The van der Waals surface area contributed by atoms with Gasteiger partial charge in [-0.3, -0.25) is 9.59 Å². The van der Waals surface area contributed by atoms with Crippen molar-refractivity contribution in [3.8, 4) is 0 Å².